The second kappa shape index (κ2) is 4.30. The Labute approximate surface area is 108 Å². The zero-order chi connectivity index (χ0) is 14.4. The van der Waals surface area contributed by atoms with Gasteiger partial charge in [-0.05, 0) is 37.3 Å². The monoisotopic (exact) mass is 255 g/mol. The van der Waals surface area contributed by atoms with Crippen LogP contribution in [-0.2, 0) is 11.3 Å². The van der Waals surface area contributed by atoms with Crippen LogP contribution < -0.4 is 5.73 Å². The maximum absolute atomic E-state index is 14.2. The van der Waals surface area contributed by atoms with Crippen molar-refractivity contribution < 1.29 is 8.78 Å². The van der Waals surface area contributed by atoms with Gasteiger partial charge in [0.2, 0.25) is 0 Å². The van der Waals surface area contributed by atoms with Gasteiger partial charge in [-0.3, -0.25) is 0 Å². The van der Waals surface area contributed by atoms with Gasteiger partial charge in [0.15, 0.2) is 0 Å². The van der Waals surface area contributed by atoms with Gasteiger partial charge in [0, 0.05) is 5.56 Å². The fourth-order valence-electron chi connectivity index (χ4n) is 1.83. The van der Waals surface area contributed by atoms with Crippen molar-refractivity contribution in [2.75, 3.05) is 0 Å². The van der Waals surface area contributed by atoms with Crippen molar-refractivity contribution >= 4 is 0 Å². The lowest BCUT2D eigenvalue weighted by Crippen LogP contribution is -2.48. The number of nitrogens with two attached hydrogens (primary N) is 1. The molecule has 18 heavy (non-hydrogen) atoms. The van der Waals surface area contributed by atoms with Gasteiger partial charge < -0.3 is 5.73 Å². The molecule has 0 aliphatic rings. The predicted octanol–water partition coefficient (Wildman–Crippen LogP) is 4.12. The first-order valence-electron chi connectivity index (χ1n) is 6.15. The molecule has 0 aliphatic carbocycles. The van der Waals surface area contributed by atoms with Crippen LogP contribution >= 0.6 is 0 Å². The minimum atomic E-state index is -3.03. The van der Waals surface area contributed by atoms with Crippen LogP contribution in [0.4, 0.5) is 8.78 Å². The summed E-state index contributed by atoms with van der Waals surface area (Å²) in [6.45, 7) is 10.6. The molecule has 1 rings (SSSR count). The Morgan fingerprint density at radius 2 is 1.50 bits per heavy atom. The summed E-state index contributed by atoms with van der Waals surface area (Å²) in [5.74, 6) is -3.03. The Morgan fingerprint density at radius 1 is 1.00 bits per heavy atom. The molecule has 2 N–H and O–H groups in total. The van der Waals surface area contributed by atoms with E-state index in [1.807, 2.05) is 6.07 Å². The number of hydrogen-bond acceptors (Lipinski definition) is 1. The molecule has 0 unspecified atom stereocenters. The van der Waals surface area contributed by atoms with E-state index in [0.29, 0.717) is 5.56 Å². The molecule has 0 spiro atoms. The molecule has 0 fully saturated rings. The van der Waals surface area contributed by atoms with E-state index in [0.717, 1.165) is 5.56 Å². The van der Waals surface area contributed by atoms with Crippen molar-refractivity contribution in [3.8, 4) is 0 Å². The van der Waals surface area contributed by atoms with E-state index in [2.05, 4.69) is 20.8 Å². The first kappa shape index (κ1) is 15.1. The summed E-state index contributed by atoms with van der Waals surface area (Å²) >= 11 is 0. The zero-order valence-corrected chi connectivity index (χ0v) is 12.1. The van der Waals surface area contributed by atoms with Crippen molar-refractivity contribution in [3.05, 3.63) is 34.9 Å². The molecular formula is C15H23F2N. The maximum atomic E-state index is 14.2. The molecular weight excluding hydrogens is 232 g/mol. The van der Waals surface area contributed by atoms with E-state index < -0.39 is 11.5 Å². The summed E-state index contributed by atoms with van der Waals surface area (Å²) in [6.07, 6.45) is 0. The maximum Gasteiger partial charge on any atom is 0.290 e. The van der Waals surface area contributed by atoms with Crippen LogP contribution in [-0.4, -0.2) is 5.54 Å². The topological polar surface area (TPSA) is 26.0 Å². The summed E-state index contributed by atoms with van der Waals surface area (Å²) in [4.78, 5) is 0. The number of hydrogen-bond donors (Lipinski definition) is 1. The summed E-state index contributed by atoms with van der Waals surface area (Å²) in [7, 11) is 0. The molecule has 1 aromatic rings. The molecule has 0 heterocycles. The average Bonchev–Trinajstić information content (AvgIpc) is 2.13. The van der Waals surface area contributed by atoms with E-state index in [-0.39, 0.29) is 11.0 Å². The second-order valence-corrected chi connectivity index (χ2v) is 6.58. The molecule has 0 saturated carbocycles. The highest BCUT2D eigenvalue weighted by molar-refractivity contribution is 5.38. The van der Waals surface area contributed by atoms with E-state index >= 15 is 0 Å². The van der Waals surface area contributed by atoms with E-state index in [1.165, 1.54) is 19.9 Å². The molecule has 3 heteroatoms. The van der Waals surface area contributed by atoms with Crippen LogP contribution in [0.1, 0.15) is 51.3 Å². The molecule has 1 nitrogen and oxygen atoms in total. The third-order valence-electron chi connectivity index (χ3n) is 3.24. The number of rotatable bonds is 2. The minimum Gasteiger partial charge on any atom is -0.320 e. The van der Waals surface area contributed by atoms with E-state index in [1.54, 1.807) is 13.0 Å². The summed E-state index contributed by atoms with van der Waals surface area (Å²) < 4.78 is 28.5. The number of benzene rings is 1. The van der Waals surface area contributed by atoms with Crippen molar-refractivity contribution in [1.29, 1.82) is 0 Å². The number of halogens is 2. The highest BCUT2D eigenvalue weighted by Gasteiger charge is 2.46. The fourth-order valence-corrected chi connectivity index (χ4v) is 1.83. The lowest BCUT2D eigenvalue weighted by Gasteiger charge is -2.32. The van der Waals surface area contributed by atoms with Crippen LogP contribution in [0.5, 0.6) is 0 Å². The summed E-state index contributed by atoms with van der Waals surface area (Å²) in [5.41, 5.74) is 5.63. The highest BCUT2D eigenvalue weighted by Crippen LogP contribution is 2.39. The molecule has 0 radical (unpaired) electrons. The Bertz CT molecular complexity index is 437. The van der Waals surface area contributed by atoms with Crippen LogP contribution in [0, 0.1) is 6.92 Å². The Morgan fingerprint density at radius 3 is 1.83 bits per heavy atom. The molecule has 102 valence electrons. The fraction of sp³-hybridized carbons (Fsp3) is 0.600. The number of aryl methyl sites for hydroxylation is 1. The smallest absolute Gasteiger partial charge is 0.290 e. The lowest BCUT2D eigenvalue weighted by molar-refractivity contribution is -0.0678. The lowest BCUT2D eigenvalue weighted by atomic mass is 9.82. The normalized spacial score (nSPS) is 13.8. The largest absolute Gasteiger partial charge is 0.320 e. The van der Waals surface area contributed by atoms with Gasteiger partial charge in [-0.2, -0.15) is 8.78 Å². The molecule has 0 atom stereocenters. The van der Waals surface area contributed by atoms with Gasteiger partial charge in [0.25, 0.3) is 5.92 Å². The van der Waals surface area contributed by atoms with Crippen molar-refractivity contribution in [1.82, 2.24) is 0 Å². The Balaban J connectivity index is 3.31. The Hall–Kier alpha value is -0.960. The highest BCUT2D eigenvalue weighted by atomic mass is 19.3. The third-order valence-corrected chi connectivity index (χ3v) is 3.24. The second-order valence-electron chi connectivity index (χ2n) is 6.58. The zero-order valence-electron chi connectivity index (χ0n) is 12.1. The predicted molar refractivity (Wildman–Crippen MR) is 72.0 cm³/mol. The molecule has 0 bridgehead atoms. The summed E-state index contributed by atoms with van der Waals surface area (Å²) in [5, 5.41) is 0. The molecule has 0 saturated heterocycles. The van der Waals surface area contributed by atoms with E-state index in [4.69, 9.17) is 5.73 Å². The van der Waals surface area contributed by atoms with Gasteiger partial charge in [-0.15, -0.1) is 0 Å². The molecule has 0 aromatic heterocycles. The van der Waals surface area contributed by atoms with Crippen LogP contribution in [0.3, 0.4) is 0 Å². The van der Waals surface area contributed by atoms with Crippen LogP contribution in [0.2, 0.25) is 0 Å². The van der Waals surface area contributed by atoms with Crippen molar-refractivity contribution in [2.24, 2.45) is 5.73 Å². The van der Waals surface area contributed by atoms with E-state index in [9.17, 15) is 8.78 Å². The third kappa shape index (κ3) is 2.72. The van der Waals surface area contributed by atoms with Crippen molar-refractivity contribution in [2.45, 2.75) is 58.4 Å². The quantitative estimate of drug-likeness (QED) is 0.845. The molecule has 0 aliphatic heterocycles. The van der Waals surface area contributed by atoms with Crippen LogP contribution in [0.15, 0.2) is 18.2 Å². The van der Waals surface area contributed by atoms with Gasteiger partial charge in [0.05, 0.1) is 5.54 Å². The van der Waals surface area contributed by atoms with Gasteiger partial charge in [-0.1, -0.05) is 39.0 Å². The SMILES string of the molecule is Cc1cc(C(C)(C)C)ccc1C(F)(F)C(C)(C)N. The first-order chi connectivity index (χ1) is 7.87. The number of alkyl halides is 2. The first-order valence-corrected chi connectivity index (χ1v) is 6.15. The van der Waals surface area contributed by atoms with Crippen LogP contribution in [0.25, 0.3) is 0 Å². The standard InChI is InChI=1S/C15H23F2N/c1-10-9-11(13(2,3)4)7-8-12(10)15(16,17)14(5,6)18/h7-9H,18H2,1-6H3. The minimum absolute atomic E-state index is 0.0167. The van der Waals surface area contributed by atoms with Gasteiger partial charge in [0.1, 0.15) is 0 Å². The van der Waals surface area contributed by atoms with Crippen molar-refractivity contribution in [3.63, 3.8) is 0 Å². The molecule has 0 amide bonds. The van der Waals surface area contributed by atoms with Gasteiger partial charge in [-0.25, -0.2) is 0 Å². The Kier molecular flexibility index (Phi) is 3.61. The summed E-state index contributed by atoms with van der Waals surface area (Å²) in [6, 6.07) is 5.10. The molecule has 1 aromatic carbocycles. The average molecular weight is 255 g/mol. The van der Waals surface area contributed by atoms with Gasteiger partial charge >= 0.3 is 0 Å².